The lowest BCUT2D eigenvalue weighted by Gasteiger charge is -2.49. The Hall–Kier alpha value is -2.14. The summed E-state index contributed by atoms with van der Waals surface area (Å²) in [5, 5.41) is 0. The third-order valence-corrected chi connectivity index (χ3v) is 16.3. The molecular formula is C51H87NO4. The van der Waals surface area contributed by atoms with Crippen LogP contribution in [0.3, 0.4) is 0 Å². The van der Waals surface area contributed by atoms with Gasteiger partial charge in [0.15, 0.2) is 0 Å². The van der Waals surface area contributed by atoms with Gasteiger partial charge in [0, 0.05) is 6.54 Å². The Balaban J connectivity index is 2.00. The summed E-state index contributed by atoms with van der Waals surface area (Å²) in [5.41, 5.74) is 1.10. The number of fused-ring (bicyclic) bond motifs is 3. The van der Waals surface area contributed by atoms with Gasteiger partial charge >= 0.3 is 5.97 Å². The molecule has 0 aromatic rings. The molecule has 0 spiro atoms. The summed E-state index contributed by atoms with van der Waals surface area (Å²) in [6.07, 6.45) is 20.8. The van der Waals surface area contributed by atoms with Crippen LogP contribution in [0.5, 0.6) is 0 Å². The molecule has 0 radical (unpaired) electrons. The first kappa shape index (κ1) is 48.2. The van der Waals surface area contributed by atoms with Crippen LogP contribution in [0.4, 0.5) is 0 Å². The van der Waals surface area contributed by atoms with Crippen LogP contribution in [0, 0.1) is 64.6 Å². The Morgan fingerprint density at radius 3 is 2.16 bits per heavy atom. The van der Waals surface area contributed by atoms with Crippen molar-refractivity contribution in [2.24, 2.45) is 64.6 Å². The lowest BCUT2D eigenvalue weighted by molar-refractivity contribution is -0.194. The van der Waals surface area contributed by atoms with E-state index in [0.717, 1.165) is 38.5 Å². The quantitative estimate of drug-likeness (QED) is 0.207. The van der Waals surface area contributed by atoms with Crippen molar-refractivity contribution < 1.29 is 19.1 Å². The van der Waals surface area contributed by atoms with Crippen LogP contribution in [-0.2, 0) is 19.1 Å². The number of nitrogens with zero attached hydrogens (tertiary/aromatic N) is 1. The number of esters is 1. The topological polar surface area (TPSA) is 55.8 Å². The fourth-order valence-electron chi connectivity index (χ4n) is 9.91. The Kier molecular flexibility index (Phi) is 17.4. The molecule has 14 atom stereocenters. The predicted octanol–water partition coefficient (Wildman–Crippen LogP) is 13.2. The standard InChI is InChI=1S/C51H87NO4/c1-18-34(3)46-31-36(5)35(4)30-38(7)42(11)43(12)41(10)37(6)29-33(2)23-20-19-21-24-39(8)49(14,15)32-45-26-25-40(9)51(17,56-45)44(13)47(53)52-28-22-27-50(52,16)48(54)55-46/h19-21,23-24,30,33-37,40-46H,18,22,25-29,31-32H2,1-17H3/b21-19+,23-20+,38-30+,39-24+. The van der Waals surface area contributed by atoms with Gasteiger partial charge in [0.2, 0.25) is 5.91 Å². The summed E-state index contributed by atoms with van der Waals surface area (Å²) in [6.45, 7) is 39.2. The van der Waals surface area contributed by atoms with Crippen LogP contribution < -0.4 is 0 Å². The second kappa shape index (κ2) is 20.2. The van der Waals surface area contributed by atoms with E-state index in [1.807, 2.05) is 18.7 Å². The molecule has 320 valence electrons. The number of carbonyl (C=O) groups is 2. The smallest absolute Gasteiger partial charge is 0.332 e. The zero-order chi connectivity index (χ0) is 42.3. The SMILES string of the molecule is CCC(C)C1CC(C)C(C)/C=C(\C)C(C)C(C)C(C)C(C)CC(C)/C=C/C=C/C=C(\C)C(C)(C)CC2CCC(C)C(C)(O2)C(C)C(=O)N2CCCC2(C)C(=O)O1. The first-order chi connectivity index (χ1) is 26.0. The number of allylic oxidation sites excluding steroid dienone is 8. The van der Waals surface area contributed by atoms with Crippen LogP contribution in [-0.4, -0.2) is 46.7 Å². The largest absolute Gasteiger partial charge is 0.460 e. The Morgan fingerprint density at radius 1 is 0.857 bits per heavy atom. The molecule has 0 aliphatic carbocycles. The van der Waals surface area contributed by atoms with Crippen molar-refractivity contribution in [3.63, 3.8) is 0 Å². The molecule has 1 amide bonds. The zero-order valence-corrected chi connectivity index (χ0v) is 39.3. The molecule has 3 heterocycles. The average molecular weight is 778 g/mol. The summed E-state index contributed by atoms with van der Waals surface area (Å²) in [7, 11) is 0. The number of rotatable bonds is 2. The average Bonchev–Trinajstić information content (AvgIpc) is 3.55. The Morgan fingerprint density at radius 2 is 1.52 bits per heavy atom. The van der Waals surface area contributed by atoms with Crippen molar-refractivity contribution in [2.75, 3.05) is 6.54 Å². The summed E-state index contributed by atoms with van der Waals surface area (Å²) < 4.78 is 13.6. The number of amides is 1. The fraction of sp³-hybridized carbons (Fsp3) is 0.804. The van der Waals surface area contributed by atoms with Gasteiger partial charge < -0.3 is 14.4 Å². The van der Waals surface area contributed by atoms with Gasteiger partial charge in [-0.2, -0.15) is 0 Å². The molecular weight excluding hydrogens is 691 g/mol. The molecule has 0 N–H and O–H groups in total. The molecule has 56 heavy (non-hydrogen) atoms. The fourth-order valence-corrected chi connectivity index (χ4v) is 9.91. The first-order valence-electron chi connectivity index (χ1n) is 22.9. The highest BCUT2D eigenvalue weighted by Gasteiger charge is 2.53. The molecule has 0 aromatic heterocycles. The van der Waals surface area contributed by atoms with E-state index in [4.69, 9.17) is 9.47 Å². The molecule has 2 bridgehead atoms. The Labute approximate surface area is 346 Å². The number of carbonyl (C=O) groups excluding carboxylic acids is 2. The van der Waals surface area contributed by atoms with Crippen molar-refractivity contribution >= 4 is 11.9 Å². The maximum absolute atomic E-state index is 14.7. The lowest BCUT2D eigenvalue weighted by atomic mass is 9.72. The van der Waals surface area contributed by atoms with E-state index >= 15 is 0 Å². The molecule has 0 saturated carbocycles. The molecule has 14 unspecified atom stereocenters. The molecule has 3 aliphatic heterocycles. The minimum atomic E-state index is -0.985. The highest BCUT2D eigenvalue weighted by Crippen LogP contribution is 2.46. The van der Waals surface area contributed by atoms with E-state index in [1.165, 1.54) is 17.6 Å². The van der Waals surface area contributed by atoms with E-state index in [9.17, 15) is 9.59 Å². The van der Waals surface area contributed by atoms with Crippen LogP contribution >= 0.6 is 0 Å². The highest BCUT2D eigenvalue weighted by atomic mass is 16.5. The highest BCUT2D eigenvalue weighted by molar-refractivity contribution is 5.90. The van der Waals surface area contributed by atoms with Crippen molar-refractivity contribution in [1.29, 1.82) is 0 Å². The molecule has 3 rings (SSSR count). The van der Waals surface area contributed by atoms with Crippen molar-refractivity contribution in [1.82, 2.24) is 4.90 Å². The van der Waals surface area contributed by atoms with E-state index < -0.39 is 17.1 Å². The number of hydrogen-bond acceptors (Lipinski definition) is 4. The van der Waals surface area contributed by atoms with Crippen molar-refractivity contribution in [3.05, 3.63) is 47.6 Å². The van der Waals surface area contributed by atoms with Gasteiger partial charge in [-0.25, -0.2) is 4.79 Å². The van der Waals surface area contributed by atoms with Gasteiger partial charge in [0.05, 0.1) is 17.6 Å². The van der Waals surface area contributed by atoms with E-state index in [2.05, 4.69) is 140 Å². The summed E-state index contributed by atoms with van der Waals surface area (Å²) in [4.78, 5) is 30.9. The van der Waals surface area contributed by atoms with E-state index in [0.29, 0.717) is 54.4 Å². The van der Waals surface area contributed by atoms with Gasteiger partial charge in [-0.15, -0.1) is 0 Å². The molecule has 5 nitrogen and oxygen atoms in total. The van der Waals surface area contributed by atoms with Gasteiger partial charge in [-0.05, 0) is 131 Å². The molecule has 2 saturated heterocycles. The van der Waals surface area contributed by atoms with Crippen LogP contribution in [0.2, 0.25) is 0 Å². The number of cyclic esters (lactones) is 1. The van der Waals surface area contributed by atoms with Gasteiger partial charge in [0.1, 0.15) is 11.6 Å². The molecule has 5 heteroatoms. The summed E-state index contributed by atoms with van der Waals surface area (Å²) >= 11 is 0. The predicted molar refractivity (Wildman–Crippen MR) is 237 cm³/mol. The Bertz CT molecular complexity index is 1420. The van der Waals surface area contributed by atoms with Gasteiger partial charge in [-0.3, -0.25) is 4.79 Å². The zero-order valence-electron chi connectivity index (χ0n) is 39.3. The monoisotopic (exact) mass is 778 g/mol. The van der Waals surface area contributed by atoms with Gasteiger partial charge in [-0.1, -0.05) is 144 Å². The third-order valence-electron chi connectivity index (χ3n) is 16.3. The van der Waals surface area contributed by atoms with E-state index in [-0.39, 0.29) is 41.3 Å². The summed E-state index contributed by atoms with van der Waals surface area (Å²) in [6, 6.07) is 0. The number of hydrogen-bond donors (Lipinski definition) is 0. The molecule has 0 aromatic carbocycles. The first-order valence-corrected chi connectivity index (χ1v) is 22.9. The summed E-state index contributed by atoms with van der Waals surface area (Å²) in [5.74, 6) is 3.28. The van der Waals surface area contributed by atoms with Crippen LogP contribution in [0.1, 0.15) is 169 Å². The lowest BCUT2D eigenvalue weighted by Crippen LogP contribution is -2.59. The van der Waals surface area contributed by atoms with Crippen molar-refractivity contribution in [3.8, 4) is 0 Å². The second-order valence-electron chi connectivity index (χ2n) is 20.7. The molecule has 2 fully saturated rings. The maximum atomic E-state index is 14.7. The molecule has 3 aliphatic rings. The van der Waals surface area contributed by atoms with Gasteiger partial charge in [0.25, 0.3) is 0 Å². The minimum Gasteiger partial charge on any atom is -0.460 e. The number of ether oxygens (including phenoxy) is 2. The van der Waals surface area contributed by atoms with E-state index in [1.54, 1.807) is 0 Å². The van der Waals surface area contributed by atoms with Crippen molar-refractivity contribution in [2.45, 2.75) is 192 Å². The normalized spacial score (nSPS) is 44.0. The second-order valence-corrected chi connectivity index (χ2v) is 20.7. The minimum absolute atomic E-state index is 0.0125. The van der Waals surface area contributed by atoms with Crippen LogP contribution in [0.25, 0.3) is 0 Å². The maximum Gasteiger partial charge on any atom is 0.332 e. The van der Waals surface area contributed by atoms with Crippen LogP contribution in [0.15, 0.2) is 47.6 Å². The third kappa shape index (κ3) is 11.5.